The second kappa shape index (κ2) is 10.4. The third-order valence-corrected chi connectivity index (χ3v) is 8.21. The highest BCUT2D eigenvalue weighted by Crippen LogP contribution is 2.48. The Bertz CT molecular complexity index is 1580. The minimum Gasteiger partial charge on any atom is -0.507 e. The zero-order valence-corrected chi connectivity index (χ0v) is 23.4. The molecule has 6 atom stereocenters. The van der Waals surface area contributed by atoms with Crippen LogP contribution in [0.3, 0.4) is 0 Å². The van der Waals surface area contributed by atoms with Crippen LogP contribution in [-0.4, -0.2) is 84.9 Å². The van der Waals surface area contributed by atoms with Crippen LogP contribution in [0.25, 0.3) is 0 Å². The molecule has 1 fully saturated rings. The lowest BCUT2D eigenvalue weighted by Gasteiger charge is -2.42. The molecule has 15 heteroatoms. The number of phenols is 1. The van der Waals surface area contributed by atoms with Crippen molar-refractivity contribution in [1.82, 2.24) is 15.3 Å². The molecule has 1 aromatic carbocycles. The molecule has 43 heavy (non-hydrogen) atoms. The summed E-state index contributed by atoms with van der Waals surface area (Å²) in [6.45, 7) is 5.68. The summed E-state index contributed by atoms with van der Waals surface area (Å²) >= 11 is 0. The van der Waals surface area contributed by atoms with Gasteiger partial charge in [0, 0.05) is 30.4 Å². The molecule has 1 aromatic heterocycles. The third kappa shape index (κ3) is 5.19. The quantitative estimate of drug-likeness (QED) is 0.336. The predicted molar refractivity (Wildman–Crippen MR) is 137 cm³/mol. The third-order valence-electron chi connectivity index (χ3n) is 8.21. The summed E-state index contributed by atoms with van der Waals surface area (Å²) in [6.07, 6.45) is -11.9. The summed E-state index contributed by atoms with van der Waals surface area (Å²) in [5, 5.41) is 34.8. The molecule has 2 aliphatic carbocycles. The van der Waals surface area contributed by atoms with Gasteiger partial charge in [-0.2, -0.15) is 13.2 Å². The number of halogens is 3. The van der Waals surface area contributed by atoms with Crippen molar-refractivity contribution < 1.29 is 57.1 Å². The van der Waals surface area contributed by atoms with E-state index in [-0.39, 0.29) is 40.1 Å². The van der Waals surface area contributed by atoms with Crippen molar-refractivity contribution in [3.63, 3.8) is 0 Å². The van der Waals surface area contributed by atoms with Crippen LogP contribution in [-0.2, 0) is 25.5 Å². The van der Waals surface area contributed by atoms with Crippen molar-refractivity contribution in [2.75, 3.05) is 0 Å². The fourth-order valence-electron chi connectivity index (χ4n) is 5.71. The first-order valence-electron chi connectivity index (χ1n) is 13.4. The Kier molecular flexibility index (Phi) is 7.44. The average molecular weight is 608 g/mol. The number of carbonyl (C=O) groups is 4. The van der Waals surface area contributed by atoms with Crippen molar-refractivity contribution in [3.05, 3.63) is 51.1 Å². The van der Waals surface area contributed by atoms with E-state index >= 15 is 0 Å². The molecule has 0 saturated carbocycles. The van der Waals surface area contributed by atoms with E-state index in [0.29, 0.717) is 11.4 Å². The summed E-state index contributed by atoms with van der Waals surface area (Å²) in [4.78, 5) is 59.5. The Morgan fingerprint density at radius 1 is 1.14 bits per heavy atom. The number of nitrogens with one attached hydrogen (secondary N) is 1. The molecule has 12 nitrogen and oxygen atoms in total. The number of hydrogen-bond acceptors (Lipinski definition) is 11. The number of amides is 1. The largest absolute Gasteiger partial charge is 0.507 e. The zero-order chi connectivity index (χ0) is 31.8. The van der Waals surface area contributed by atoms with Crippen LogP contribution in [0, 0.1) is 13.8 Å². The highest BCUT2D eigenvalue weighted by Gasteiger charge is 2.49. The molecule has 3 aliphatic rings. The number of phenolic OH excluding ortho intramolecular Hbond substituents is 1. The number of aliphatic hydroxyl groups is 2. The monoisotopic (exact) mass is 607 g/mol. The number of fused-ring (bicyclic) bond motifs is 3. The highest BCUT2D eigenvalue weighted by atomic mass is 19.4. The number of aryl methyl sites for hydroxylation is 2. The number of alkyl halides is 3. The van der Waals surface area contributed by atoms with Gasteiger partial charge in [0.05, 0.1) is 35.2 Å². The molecule has 230 valence electrons. The second-order valence-electron chi connectivity index (χ2n) is 11.1. The standard InChI is InChI=1S/C28H28F3N3O9/c1-9-10(2)33-21-20(32-9)23(37)14-5-13-7-27(41,12(4)35)8-16(18(13)24(38)19(14)25(21)39)43-17-6-15(22(36)11(3)42-17)34-26(40)28(29,30)31/h5,11,15-17,22,36,38,41H,6-8H2,1-4H3,(H,34,40)/t11-,15-,16+,17-,22+,27+/m0/s1. The first-order chi connectivity index (χ1) is 19.9. The molecular weight excluding hydrogens is 579 g/mol. The Hall–Kier alpha value is -3.79. The van der Waals surface area contributed by atoms with Gasteiger partial charge in [-0.25, -0.2) is 9.97 Å². The first-order valence-corrected chi connectivity index (χ1v) is 13.4. The smallest absolute Gasteiger partial charge is 0.471 e. The molecule has 4 N–H and O–H groups in total. The minimum absolute atomic E-state index is 0.0377. The van der Waals surface area contributed by atoms with Crippen molar-refractivity contribution in [3.8, 4) is 5.75 Å². The van der Waals surface area contributed by atoms with E-state index in [0.717, 1.165) is 6.92 Å². The van der Waals surface area contributed by atoms with E-state index in [1.807, 2.05) is 0 Å². The van der Waals surface area contributed by atoms with Gasteiger partial charge in [0.2, 0.25) is 11.6 Å². The fraction of sp³-hybridized carbons (Fsp3) is 0.500. The molecule has 2 aromatic rings. The van der Waals surface area contributed by atoms with Crippen LogP contribution >= 0.6 is 0 Å². The van der Waals surface area contributed by atoms with Gasteiger partial charge < -0.3 is 30.1 Å². The van der Waals surface area contributed by atoms with Crippen LogP contribution < -0.4 is 5.32 Å². The van der Waals surface area contributed by atoms with E-state index in [1.54, 1.807) is 19.2 Å². The van der Waals surface area contributed by atoms with Crippen LogP contribution in [0.5, 0.6) is 5.75 Å². The molecular formula is C28H28F3N3O9. The number of ketones is 3. The van der Waals surface area contributed by atoms with Crippen molar-refractivity contribution >= 4 is 23.3 Å². The SMILES string of the molecule is CC(=O)[C@@]1(O)Cc2cc3c(c(O)c2[C@H](O[C@H]2C[C@H](NC(=O)C(F)(F)F)[C@H](O)[C@H](C)O2)C1)C(=O)c1nc(C)c(C)nc1C3=O. The predicted octanol–water partition coefficient (Wildman–Crippen LogP) is 1.44. The van der Waals surface area contributed by atoms with Gasteiger partial charge in [-0.1, -0.05) is 0 Å². The molecule has 2 heterocycles. The Balaban J connectivity index is 1.56. The maximum absolute atomic E-state index is 13.5. The maximum Gasteiger partial charge on any atom is 0.471 e. The lowest BCUT2D eigenvalue weighted by molar-refractivity contribution is -0.250. The fourth-order valence-corrected chi connectivity index (χ4v) is 5.71. The van der Waals surface area contributed by atoms with Gasteiger partial charge in [-0.15, -0.1) is 0 Å². The maximum atomic E-state index is 13.5. The van der Waals surface area contributed by atoms with Crippen LogP contribution in [0.15, 0.2) is 6.07 Å². The lowest BCUT2D eigenvalue weighted by Crippen LogP contribution is -2.57. The number of aromatic nitrogens is 2. The number of Topliss-reactive ketones (excluding diaryl/α,β-unsaturated/α-hetero) is 1. The van der Waals surface area contributed by atoms with Crippen molar-refractivity contribution in [2.45, 2.75) is 89.4 Å². The summed E-state index contributed by atoms with van der Waals surface area (Å²) in [5.41, 5.74) is -2.21. The van der Waals surface area contributed by atoms with E-state index < -0.39 is 84.3 Å². The average Bonchev–Trinajstić information content (AvgIpc) is 2.90. The number of benzene rings is 1. The molecule has 1 amide bonds. The first kappa shape index (κ1) is 30.7. The van der Waals surface area contributed by atoms with Crippen LogP contribution in [0.2, 0.25) is 0 Å². The Labute approximate surface area is 242 Å². The van der Waals surface area contributed by atoms with Gasteiger partial charge in [0.1, 0.15) is 28.8 Å². The van der Waals surface area contributed by atoms with E-state index in [1.165, 1.54) is 13.0 Å². The van der Waals surface area contributed by atoms with Crippen molar-refractivity contribution in [1.29, 1.82) is 0 Å². The summed E-state index contributed by atoms with van der Waals surface area (Å²) in [5.74, 6) is -5.09. The minimum atomic E-state index is -5.22. The van der Waals surface area contributed by atoms with Gasteiger partial charge in [-0.05, 0) is 39.3 Å². The number of aromatic hydroxyl groups is 1. The lowest BCUT2D eigenvalue weighted by atomic mass is 9.73. The van der Waals surface area contributed by atoms with Crippen molar-refractivity contribution in [2.24, 2.45) is 0 Å². The summed E-state index contributed by atoms with van der Waals surface area (Å²) in [7, 11) is 0. The molecule has 0 unspecified atom stereocenters. The number of aliphatic hydroxyl groups excluding tert-OH is 1. The number of nitrogens with zero attached hydrogens (tertiary/aromatic N) is 2. The van der Waals surface area contributed by atoms with Gasteiger partial charge in [0.25, 0.3) is 0 Å². The number of ether oxygens (including phenoxy) is 2. The molecule has 1 saturated heterocycles. The van der Waals surface area contributed by atoms with Gasteiger partial charge in [-0.3, -0.25) is 19.2 Å². The second-order valence-corrected chi connectivity index (χ2v) is 11.1. The molecule has 0 spiro atoms. The molecule has 1 aliphatic heterocycles. The summed E-state index contributed by atoms with van der Waals surface area (Å²) < 4.78 is 50.3. The highest BCUT2D eigenvalue weighted by molar-refractivity contribution is 6.28. The Morgan fingerprint density at radius 3 is 2.33 bits per heavy atom. The molecule has 0 radical (unpaired) electrons. The van der Waals surface area contributed by atoms with Crippen LogP contribution in [0.1, 0.15) is 87.4 Å². The van der Waals surface area contributed by atoms with Gasteiger partial charge in [0.15, 0.2) is 12.1 Å². The number of hydrogen-bond donors (Lipinski definition) is 4. The number of carbonyl (C=O) groups excluding carboxylic acids is 4. The van der Waals surface area contributed by atoms with E-state index in [2.05, 4.69) is 9.97 Å². The molecule has 5 rings (SSSR count). The Morgan fingerprint density at radius 2 is 1.74 bits per heavy atom. The topological polar surface area (TPSA) is 185 Å². The van der Waals surface area contributed by atoms with Gasteiger partial charge >= 0.3 is 12.1 Å². The summed E-state index contributed by atoms with van der Waals surface area (Å²) in [6, 6.07) is -0.176. The van der Waals surface area contributed by atoms with Crippen LogP contribution in [0.4, 0.5) is 13.2 Å². The van der Waals surface area contributed by atoms with E-state index in [9.17, 15) is 47.7 Å². The zero-order valence-electron chi connectivity index (χ0n) is 23.4. The number of rotatable bonds is 4. The normalized spacial score (nSPS) is 28.5. The van der Waals surface area contributed by atoms with E-state index in [4.69, 9.17) is 9.47 Å². The molecule has 0 bridgehead atoms.